The lowest BCUT2D eigenvalue weighted by Crippen LogP contribution is -1.97. The van der Waals surface area contributed by atoms with Gasteiger partial charge >= 0.3 is 0 Å². The van der Waals surface area contributed by atoms with E-state index in [9.17, 15) is 4.79 Å². The first kappa shape index (κ1) is 10.8. The first-order valence-corrected chi connectivity index (χ1v) is 4.86. The maximum atomic E-state index is 10.6. The molecule has 0 spiro atoms. The quantitative estimate of drug-likeness (QED) is 0.685. The molecule has 0 aliphatic heterocycles. The molecule has 0 heterocycles. The second kappa shape index (κ2) is 4.80. The topological polar surface area (TPSA) is 26.3 Å². The smallest absolute Gasteiger partial charge is 0.150 e. The number of rotatable bonds is 4. The summed E-state index contributed by atoms with van der Waals surface area (Å²) in [6, 6.07) is 5.53. The molecule has 0 aliphatic rings. The van der Waals surface area contributed by atoms with E-state index in [4.69, 9.17) is 4.74 Å². The first-order chi connectivity index (χ1) is 6.72. The van der Waals surface area contributed by atoms with Gasteiger partial charge in [0, 0.05) is 5.56 Å². The molecule has 1 atom stereocenters. The molecule has 0 saturated carbocycles. The van der Waals surface area contributed by atoms with Crippen LogP contribution in [0.4, 0.5) is 0 Å². The summed E-state index contributed by atoms with van der Waals surface area (Å²) >= 11 is 0. The Morgan fingerprint density at radius 2 is 2.21 bits per heavy atom. The van der Waals surface area contributed by atoms with Crippen molar-refractivity contribution in [2.45, 2.75) is 26.2 Å². The van der Waals surface area contributed by atoms with Crippen LogP contribution >= 0.6 is 0 Å². The number of carbonyl (C=O) groups is 1. The van der Waals surface area contributed by atoms with E-state index in [1.807, 2.05) is 12.1 Å². The minimum atomic E-state index is 0.421. The Morgan fingerprint density at radius 1 is 1.50 bits per heavy atom. The van der Waals surface area contributed by atoms with E-state index in [2.05, 4.69) is 13.8 Å². The fourth-order valence-electron chi connectivity index (χ4n) is 1.43. The van der Waals surface area contributed by atoms with Crippen molar-refractivity contribution in [3.8, 4) is 5.75 Å². The van der Waals surface area contributed by atoms with Crippen LogP contribution in [-0.4, -0.2) is 13.4 Å². The van der Waals surface area contributed by atoms with E-state index >= 15 is 0 Å². The van der Waals surface area contributed by atoms with E-state index in [-0.39, 0.29) is 0 Å². The van der Waals surface area contributed by atoms with Gasteiger partial charge in [0.1, 0.15) is 12.0 Å². The zero-order valence-electron chi connectivity index (χ0n) is 8.91. The van der Waals surface area contributed by atoms with Gasteiger partial charge in [-0.1, -0.05) is 13.8 Å². The molecular weight excluding hydrogens is 176 g/mol. The van der Waals surface area contributed by atoms with Crippen LogP contribution in [0.2, 0.25) is 0 Å². The number of hydrogen-bond donors (Lipinski definition) is 0. The number of benzene rings is 1. The molecule has 76 valence electrons. The van der Waals surface area contributed by atoms with Gasteiger partial charge in [0.05, 0.1) is 7.11 Å². The maximum Gasteiger partial charge on any atom is 0.150 e. The van der Waals surface area contributed by atoms with Gasteiger partial charge < -0.3 is 4.74 Å². The van der Waals surface area contributed by atoms with Gasteiger partial charge in [0.25, 0.3) is 0 Å². The molecule has 1 aromatic rings. The van der Waals surface area contributed by atoms with Gasteiger partial charge in [-0.25, -0.2) is 0 Å². The van der Waals surface area contributed by atoms with Gasteiger partial charge in [-0.2, -0.15) is 0 Å². The predicted molar refractivity (Wildman–Crippen MR) is 57.1 cm³/mol. The highest BCUT2D eigenvalue weighted by molar-refractivity contribution is 5.75. The summed E-state index contributed by atoms with van der Waals surface area (Å²) in [5, 5.41) is 0. The molecule has 1 unspecified atom stereocenters. The average Bonchev–Trinajstić information content (AvgIpc) is 2.27. The summed E-state index contributed by atoms with van der Waals surface area (Å²) < 4.78 is 5.25. The Labute approximate surface area is 84.9 Å². The zero-order valence-corrected chi connectivity index (χ0v) is 8.91. The summed E-state index contributed by atoms with van der Waals surface area (Å²) in [6.45, 7) is 4.25. The Hall–Kier alpha value is -1.31. The summed E-state index contributed by atoms with van der Waals surface area (Å²) in [7, 11) is 1.65. The number of hydrogen-bond acceptors (Lipinski definition) is 2. The third-order valence-corrected chi connectivity index (χ3v) is 2.53. The Morgan fingerprint density at radius 3 is 2.71 bits per heavy atom. The Bertz CT molecular complexity index is 318. The summed E-state index contributed by atoms with van der Waals surface area (Å²) in [4.78, 5) is 10.6. The number of methoxy groups -OCH3 is 1. The highest BCUT2D eigenvalue weighted by Gasteiger charge is 2.10. The van der Waals surface area contributed by atoms with Gasteiger partial charge in [0.15, 0.2) is 0 Å². The Kier molecular flexibility index (Phi) is 3.69. The van der Waals surface area contributed by atoms with Crippen LogP contribution in [0.15, 0.2) is 18.2 Å². The van der Waals surface area contributed by atoms with Crippen molar-refractivity contribution in [3.05, 3.63) is 29.3 Å². The van der Waals surface area contributed by atoms with E-state index in [0.717, 1.165) is 24.0 Å². The SMILES string of the molecule is CCC(C)c1cc(C=O)ccc1OC. The van der Waals surface area contributed by atoms with Gasteiger partial charge in [-0.15, -0.1) is 0 Å². The van der Waals surface area contributed by atoms with Crippen LogP contribution in [0.25, 0.3) is 0 Å². The molecule has 0 aliphatic carbocycles. The lowest BCUT2D eigenvalue weighted by molar-refractivity contribution is 0.112. The molecule has 0 saturated heterocycles. The molecule has 0 N–H and O–H groups in total. The van der Waals surface area contributed by atoms with Crippen LogP contribution < -0.4 is 4.74 Å². The molecule has 1 rings (SSSR count). The molecule has 1 aromatic carbocycles. The predicted octanol–water partition coefficient (Wildman–Crippen LogP) is 3.02. The van der Waals surface area contributed by atoms with Crippen LogP contribution in [0.5, 0.6) is 5.75 Å². The van der Waals surface area contributed by atoms with E-state index < -0.39 is 0 Å². The van der Waals surface area contributed by atoms with Crippen LogP contribution in [0, 0.1) is 0 Å². The van der Waals surface area contributed by atoms with Crippen LogP contribution in [0.3, 0.4) is 0 Å². The van der Waals surface area contributed by atoms with Crippen molar-refractivity contribution in [2.75, 3.05) is 7.11 Å². The molecule has 14 heavy (non-hydrogen) atoms. The molecule has 0 aromatic heterocycles. The van der Waals surface area contributed by atoms with Crippen LogP contribution in [0.1, 0.15) is 42.1 Å². The minimum Gasteiger partial charge on any atom is -0.496 e. The maximum absolute atomic E-state index is 10.6. The van der Waals surface area contributed by atoms with Gasteiger partial charge in [-0.05, 0) is 36.1 Å². The molecule has 2 nitrogen and oxygen atoms in total. The molecule has 2 heteroatoms. The first-order valence-electron chi connectivity index (χ1n) is 4.86. The summed E-state index contributed by atoms with van der Waals surface area (Å²) in [6.07, 6.45) is 1.91. The van der Waals surface area contributed by atoms with Crippen molar-refractivity contribution < 1.29 is 9.53 Å². The Balaban J connectivity index is 3.14. The third kappa shape index (κ3) is 2.13. The lowest BCUT2D eigenvalue weighted by atomic mass is 9.96. The largest absolute Gasteiger partial charge is 0.496 e. The second-order valence-corrected chi connectivity index (χ2v) is 3.43. The second-order valence-electron chi connectivity index (χ2n) is 3.43. The fraction of sp³-hybridized carbons (Fsp3) is 0.417. The highest BCUT2D eigenvalue weighted by Crippen LogP contribution is 2.29. The molecule has 0 amide bonds. The van der Waals surface area contributed by atoms with Crippen molar-refractivity contribution in [1.29, 1.82) is 0 Å². The van der Waals surface area contributed by atoms with Crippen molar-refractivity contribution in [1.82, 2.24) is 0 Å². The number of aldehydes is 1. The number of ether oxygens (including phenoxy) is 1. The van der Waals surface area contributed by atoms with Gasteiger partial charge in [0.2, 0.25) is 0 Å². The van der Waals surface area contributed by atoms with Crippen LogP contribution in [-0.2, 0) is 0 Å². The van der Waals surface area contributed by atoms with E-state index in [1.165, 1.54) is 0 Å². The minimum absolute atomic E-state index is 0.421. The molecule has 0 bridgehead atoms. The third-order valence-electron chi connectivity index (χ3n) is 2.53. The number of carbonyl (C=O) groups excluding carboxylic acids is 1. The van der Waals surface area contributed by atoms with Crippen molar-refractivity contribution in [2.24, 2.45) is 0 Å². The standard InChI is InChI=1S/C12H16O2/c1-4-9(2)11-7-10(8-13)5-6-12(11)14-3/h5-9H,4H2,1-3H3. The monoisotopic (exact) mass is 192 g/mol. The summed E-state index contributed by atoms with van der Waals surface area (Å²) in [5.41, 5.74) is 1.82. The zero-order chi connectivity index (χ0) is 10.6. The fourth-order valence-corrected chi connectivity index (χ4v) is 1.43. The van der Waals surface area contributed by atoms with Crippen molar-refractivity contribution >= 4 is 6.29 Å². The van der Waals surface area contributed by atoms with E-state index in [1.54, 1.807) is 13.2 Å². The summed E-state index contributed by atoms with van der Waals surface area (Å²) in [5.74, 6) is 1.29. The highest BCUT2D eigenvalue weighted by atomic mass is 16.5. The normalized spacial score (nSPS) is 12.2. The van der Waals surface area contributed by atoms with Gasteiger partial charge in [-0.3, -0.25) is 4.79 Å². The molecular formula is C12H16O2. The van der Waals surface area contributed by atoms with E-state index in [0.29, 0.717) is 11.5 Å². The van der Waals surface area contributed by atoms with Crippen molar-refractivity contribution in [3.63, 3.8) is 0 Å². The lowest BCUT2D eigenvalue weighted by Gasteiger charge is -2.14. The molecule has 0 fully saturated rings. The average molecular weight is 192 g/mol. The molecule has 0 radical (unpaired) electrons.